The van der Waals surface area contributed by atoms with Crippen molar-refractivity contribution in [1.82, 2.24) is 0 Å². The molecule has 2 nitrogen and oxygen atoms in total. The van der Waals surface area contributed by atoms with Gasteiger partial charge in [-0.05, 0) is 25.3 Å². The fourth-order valence-electron chi connectivity index (χ4n) is 4.63. The summed E-state index contributed by atoms with van der Waals surface area (Å²) in [5.41, 5.74) is 0. The van der Waals surface area contributed by atoms with Crippen LogP contribution in [0.25, 0.3) is 0 Å². The second kappa shape index (κ2) is 30.2. The fourth-order valence-corrected chi connectivity index (χ4v) is 4.63. The molecule has 0 N–H and O–H groups in total. The average molecular weight is 479 g/mol. The van der Waals surface area contributed by atoms with E-state index in [-0.39, 0.29) is 5.97 Å². The first-order valence-electron chi connectivity index (χ1n) is 15.7. The number of hydrogen-bond donors (Lipinski definition) is 0. The first-order chi connectivity index (χ1) is 16.8. The summed E-state index contributed by atoms with van der Waals surface area (Å²) in [6.45, 7) is 4.46. The van der Waals surface area contributed by atoms with E-state index in [9.17, 15) is 4.79 Å². The van der Waals surface area contributed by atoms with Crippen molar-refractivity contribution in [2.45, 2.75) is 187 Å². The molecular formula is C32H62O2. The van der Waals surface area contributed by atoms with E-state index in [1.54, 1.807) is 6.26 Å². The lowest BCUT2D eigenvalue weighted by molar-refractivity contribution is -0.138. The van der Waals surface area contributed by atoms with E-state index in [2.05, 4.69) is 13.8 Å². The highest BCUT2D eigenvalue weighted by molar-refractivity contribution is 5.69. The van der Waals surface area contributed by atoms with Gasteiger partial charge in [0.05, 0.1) is 6.26 Å². The smallest absolute Gasteiger partial charge is 0.310 e. The van der Waals surface area contributed by atoms with E-state index in [1.807, 2.05) is 6.08 Å². The van der Waals surface area contributed by atoms with Crippen LogP contribution in [0.3, 0.4) is 0 Å². The standard InChI is InChI=1S/C32H62O2/c1-3-5-7-9-10-11-12-13-14-15-16-17-18-19-20-21-22-23-24-25-26-27-28-30-32(33)34-31-29-8-6-4-2/h29,31H,3-28,30H2,1-2H3/b31-29+. The minimum atomic E-state index is -0.0729. The second-order valence-corrected chi connectivity index (χ2v) is 10.5. The summed E-state index contributed by atoms with van der Waals surface area (Å²) in [6, 6.07) is 0. The summed E-state index contributed by atoms with van der Waals surface area (Å²) in [5.74, 6) is -0.0729. The molecule has 0 aliphatic rings. The number of unbranched alkanes of at least 4 members (excludes halogenated alkanes) is 24. The van der Waals surface area contributed by atoms with Gasteiger partial charge in [0.25, 0.3) is 0 Å². The Labute approximate surface area is 215 Å². The molecule has 202 valence electrons. The minimum absolute atomic E-state index is 0.0729. The van der Waals surface area contributed by atoms with Gasteiger partial charge in [-0.25, -0.2) is 0 Å². The van der Waals surface area contributed by atoms with Gasteiger partial charge in [-0.3, -0.25) is 4.79 Å². The molecule has 0 spiro atoms. The predicted octanol–water partition coefficient (Wildman–Crippen LogP) is 11.6. The van der Waals surface area contributed by atoms with Gasteiger partial charge >= 0.3 is 5.97 Å². The van der Waals surface area contributed by atoms with Gasteiger partial charge in [-0.2, -0.15) is 0 Å². The van der Waals surface area contributed by atoms with E-state index >= 15 is 0 Å². The molecule has 0 fully saturated rings. The molecule has 0 heterocycles. The quantitative estimate of drug-likeness (QED) is 0.0634. The van der Waals surface area contributed by atoms with Crippen LogP contribution in [-0.2, 0) is 9.53 Å². The molecule has 0 atom stereocenters. The Kier molecular flexibility index (Phi) is 29.5. The van der Waals surface area contributed by atoms with Crippen molar-refractivity contribution in [2.75, 3.05) is 0 Å². The molecule has 0 aromatic carbocycles. The highest BCUT2D eigenvalue weighted by Crippen LogP contribution is 2.15. The number of carbonyl (C=O) groups is 1. The number of ether oxygens (including phenoxy) is 1. The van der Waals surface area contributed by atoms with Gasteiger partial charge in [0.2, 0.25) is 0 Å². The molecule has 0 aliphatic heterocycles. The molecule has 0 saturated heterocycles. The van der Waals surface area contributed by atoms with Gasteiger partial charge in [-0.15, -0.1) is 0 Å². The van der Waals surface area contributed by atoms with E-state index in [0.717, 1.165) is 25.7 Å². The summed E-state index contributed by atoms with van der Waals surface area (Å²) in [6.07, 6.45) is 39.5. The second-order valence-electron chi connectivity index (χ2n) is 10.5. The third kappa shape index (κ3) is 29.2. The van der Waals surface area contributed by atoms with Crippen LogP contribution in [0.1, 0.15) is 187 Å². The van der Waals surface area contributed by atoms with Crippen LogP contribution < -0.4 is 0 Å². The zero-order chi connectivity index (χ0) is 24.8. The van der Waals surface area contributed by atoms with Gasteiger partial charge in [-0.1, -0.05) is 162 Å². The molecule has 2 heteroatoms. The molecule has 0 amide bonds. The maximum Gasteiger partial charge on any atom is 0.310 e. The van der Waals surface area contributed by atoms with Crippen molar-refractivity contribution in [2.24, 2.45) is 0 Å². The van der Waals surface area contributed by atoms with Crippen molar-refractivity contribution in [3.8, 4) is 0 Å². The molecule has 0 aromatic rings. The Hall–Kier alpha value is -0.790. The Morgan fingerprint density at radius 2 is 0.794 bits per heavy atom. The third-order valence-electron chi connectivity index (χ3n) is 7.00. The molecular weight excluding hydrogens is 416 g/mol. The highest BCUT2D eigenvalue weighted by Gasteiger charge is 2.00. The lowest BCUT2D eigenvalue weighted by Crippen LogP contribution is -1.98. The number of hydrogen-bond acceptors (Lipinski definition) is 2. The van der Waals surface area contributed by atoms with Crippen LogP contribution >= 0.6 is 0 Å². The summed E-state index contributed by atoms with van der Waals surface area (Å²) in [5, 5.41) is 0. The third-order valence-corrected chi connectivity index (χ3v) is 7.00. The highest BCUT2D eigenvalue weighted by atomic mass is 16.5. The summed E-state index contributed by atoms with van der Waals surface area (Å²) >= 11 is 0. The lowest BCUT2D eigenvalue weighted by Gasteiger charge is -2.04. The Balaban J connectivity index is 3.11. The zero-order valence-corrected chi connectivity index (χ0v) is 23.6. The molecule has 34 heavy (non-hydrogen) atoms. The lowest BCUT2D eigenvalue weighted by atomic mass is 10.0. The summed E-state index contributed by atoms with van der Waals surface area (Å²) in [7, 11) is 0. The van der Waals surface area contributed by atoms with Crippen LogP contribution in [0.15, 0.2) is 12.3 Å². The first kappa shape index (κ1) is 33.2. The van der Waals surface area contributed by atoms with Crippen LogP contribution in [0.2, 0.25) is 0 Å². The van der Waals surface area contributed by atoms with Crippen molar-refractivity contribution in [3.63, 3.8) is 0 Å². The number of rotatable bonds is 28. The van der Waals surface area contributed by atoms with E-state index in [4.69, 9.17) is 4.74 Å². The largest absolute Gasteiger partial charge is 0.435 e. The molecule has 0 unspecified atom stereocenters. The monoisotopic (exact) mass is 478 g/mol. The van der Waals surface area contributed by atoms with Crippen LogP contribution in [0.5, 0.6) is 0 Å². The van der Waals surface area contributed by atoms with Crippen molar-refractivity contribution >= 4 is 5.97 Å². The number of esters is 1. The number of carbonyl (C=O) groups excluding carboxylic acids is 1. The predicted molar refractivity (Wildman–Crippen MR) is 151 cm³/mol. The minimum Gasteiger partial charge on any atom is -0.435 e. The Morgan fingerprint density at radius 3 is 1.15 bits per heavy atom. The maximum atomic E-state index is 11.6. The van der Waals surface area contributed by atoms with Gasteiger partial charge in [0.15, 0.2) is 0 Å². The van der Waals surface area contributed by atoms with Crippen molar-refractivity contribution in [3.05, 3.63) is 12.3 Å². The summed E-state index contributed by atoms with van der Waals surface area (Å²) < 4.78 is 5.12. The Bertz CT molecular complexity index is 415. The van der Waals surface area contributed by atoms with Crippen LogP contribution in [0, 0.1) is 0 Å². The normalized spacial score (nSPS) is 11.5. The van der Waals surface area contributed by atoms with E-state index < -0.39 is 0 Å². The molecule has 0 aromatic heterocycles. The van der Waals surface area contributed by atoms with Crippen LogP contribution in [0.4, 0.5) is 0 Å². The average Bonchev–Trinajstić information content (AvgIpc) is 2.84. The molecule has 0 saturated carbocycles. The molecule has 0 bridgehead atoms. The molecule has 0 radical (unpaired) electrons. The molecule has 0 rings (SSSR count). The summed E-state index contributed by atoms with van der Waals surface area (Å²) in [4.78, 5) is 11.6. The SMILES string of the molecule is CCCC/C=C/OC(=O)CCCCCCCCCCCCCCCCCCCCCCCCC. The van der Waals surface area contributed by atoms with Gasteiger partial charge in [0.1, 0.15) is 0 Å². The first-order valence-corrected chi connectivity index (χ1v) is 15.7. The van der Waals surface area contributed by atoms with E-state index in [1.165, 1.54) is 141 Å². The topological polar surface area (TPSA) is 26.3 Å². The maximum absolute atomic E-state index is 11.6. The van der Waals surface area contributed by atoms with Gasteiger partial charge in [0, 0.05) is 6.42 Å². The van der Waals surface area contributed by atoms with E-state index in [0.29, 0.717) is 6.42 Å². The number of allylic oxidation sites excluding steroid dienone is 1. The van der Waals surface area contributed by atoms with Crippen LogP contribution in [-0.4, -0.2) is 5.97 Å². The molecule has 0 aliphatic carbocycles. The fraction of sp³-hybridized carbons (Fsp3) is 0.906. The zero-order valence-electron chi connectivity index (χ0n) is 23.6. The van der Waals surface area contributed by atoms with Crippen molar-refractivity contribution < 1.29 is 9.53 Å². The van der Waals surface area contributed by atoms with Gasteiger partial charge < -0.3 is 4.74 Å². The Morgan fingerprint density at radius 1 is 0.471 bits per heavy atom. The van der Waals surface area contributed by atoms with Crippen molar-refractivity contribution in [1.29, 1.82) is 0 Å².